The van der Waals surface area contributed by atoms with Crippen LogP contribution in [0.4, 0.5) is 0 Å². The summed E-state index contributed by atoms with van der Waals surface area (Å²) >= 11 is 0. The van der Waals surface area contributed by atoms with E-state index in [0.29, 0.717) is 29.7 Å². The Hall–Kier alpha value is -3.12. The first-order valence-electron chi connectivity index (χ1n) is 11.0. The van der Waals surface area contributed by atoms with Gasteiger partial charge in [-0.1, -0.05) is 24.3 Å². The maximum atomic E-state index is 13.5. The van der Waals surface area contributed by atoms with Gasteiger partial charge < -0.3 is 19.0 Å². The molecule has 0 unspecified atom stereocenters. The minimum Gasteiger partial charge on any atom is -0.494 e. The SMILES string of the molecule is CCOc1cccc([C@@H]2c3c(oc4ccccc4c3=O)C(=O)N2CC[NH+](CC)CC)c1. The topological polar surface area (TPSA) is 64.2 Å². The lowest BCUT2D eigenvalue weighted by Gasteiger charge is -2.27. The minimum absolute atomic E-state index is 0.144. The van der Waals surface area contributed by atoms with E-state index < -0.39 is 6.04 Å². The highest BCUT2D eigenvalue weighted by atomic mass is 16.5. The van der Waals surface area contributed by atoms with Gasteiger partial charge in [-0.05, 0) is 50.6 Å². The first-order chi connectivity index (χ1) is 15.1. The van der Waals surface area contributed by atoms with Crippen LogP contribution in [0.1, 0.15) is 48.5 Å². The van der Waals surface area contributed by atoms with Crippen molar-refractivity contribution in [3.05, 3.63) is 75.6 Å². The highest BCUT2D eigenvalue weighted by Crippen LogP contribution is 2.38. The molecule has 1 aliphatic heterocycles. The van der Waals surface area contributed by atoms with Gasteiger partial charge in [-0.15, -0.1) is 0 Å². The minimum atomic E-state index is -0.487. The normalized spacial score (nSPS) is 15.7. The molecule has 6 heteroatoms. The molecule has 3 aromatic rings. The maximum Gasteiger partial charge on any atom is 0.291 e. The third-order valence-electron chi connectivity index (χ3n) is 6.06. The number of fused-ring (bicyclic) bond motifs is 2. The summed E-state index contributed by atoms with van der Waals surface area (Å²) in [5.41, 5.74) is 1.58. The van der Waals surface area contributed by atoms with Crippen LogP contribution in [-0.2, 0) is 0 Å². The van der Waals surface area contributed by atoms with Crippen molar-refractivity contribution in [3.8, 4) is 5.75 Å². The van der Waals surface area contributed by atoms with E-state index in [4.69, 9.17) is 9.15 Å². The molecule has 0 saturated carbocycles. The molecule has 31 heavy (non-hydrogen) atoms. The molecule has 162 valence electrons. The maximum absolute atomic E-state index is 13.5. The number of nitrogens with one attached hydrogen (secondary N) is 1. The molecule has 2 aromatic carbocycles. The molecule has 0 spiro atoms. The lowest BCUT2D eigenvalue weighted by molar-refractivity contribution is -0.895. The average Bonchev–Trinajstić information content (AvgIpc) is 3.07. The lowest BCUT2D eigenvalue weighted by Crippen LogP contribution is -3.12. The molecule has 1 N–H and O–H groups in total. The van der Waals surface area contributed by atoms with Crippen LogP contribution in [0.2, 0.25) is 0 Å². The number of hydrogen-bond acceptors (Lipinski definition) is 4. The van der Waals surface area contributed by atoms with Crippen molar-refractivity contribution in [1.29, 1.82) is 0 Å². The zero-order valence-electron chi connectivity index (χ0n) is 18.3. The molecule has 1 aromatic heterocycles. The van der Waals surface area contributed by atoms with Crippen LogP contribution in [-0.4, -0.2) is 43.6 Å². The molecule has 1 atom stereocenters. The highest BCUT2D eigenvalue weighted by molar-refractivity contribution is 5.99. The molecule has 1 aliphatic rings. The Labute approximate surface area is 182 Å². The Morgan fingerprint density at radius 1 is 1.03 bits per heavy atom. The van der Waals surface area contributed by atoms with Crippen molar-refractivity contribution in [2.75, 3.05) is 32.8 Å². The number of quaternary nitrogens is 1. The molecular formula is C25H29N2O4+. The van der Waals surface area contributed by atoms with E-state index in [-0.39, 0.29) is 17.1 Å². The molecule has 4 rings (SSSR count). The molecular weight excluding hydrogens is 392 g/mol. The number of carbonyl (C=O) groups is 1. The fourth-order valence-corrected chi connectivity index (χ4v) is 4.37. The molecule has 0 bridgehead atoms. The van der Waals surface area contributed by atoms with Gasteiger partial charge >= 0.3 is 0 Å². The summed E-state index contributed by atoms with van der Waals surface area (Å²) in [6.07, 6.45) is 0. The Kier molecular flexibility index (Phi) is 6.09. The quantitative estimate of drug-likeness (QED) is 0.607. The van der Waals surface area contributed by atoms with Gasteiger partial charge in [0.05, 0.1) is 49.8 Å². The van der Waals surface area contributed by atoms with Crippen molar-refractivity contribution in [2.45, 2.75) is 26.8 Å². The third-order valence-corrected chi connectivity index (χ3v) is 6.06. The number of ether oxygens (including phenoxy) is 1. The van der Waals surface area contributed by atoms with Crippen LogP contribution in [0, 0.1) is 0 Å². The Bertz CT molecular complexity index is 1150. The van der Waals surface area contributed by atoms with E-state index in [1.807, 2.05) is 43.3 Å². The molecule has 1 amide bonds. The van der Waals surface area contributed by atoms with E-state index in [2.05, 4.69) is 13.8 Å². The van der Waals surface area contributed by atoms with Gasteiger partial charge in [0.15, 0.2) is 5.43 Å². The largest absolute Gasteiger partial charge is 0.494 e. The van der Waals surface area contributed by atoms with Crippen molar-refractivity contribution in [2.24, 2.45) is 0 Å². The van der Waals surface area contributed by atoms with Crippen LogP contribution in [0.3, 0.4) is 0 Å². The van der Waals surface area contributed by atoms with Crippen molar-refractivity contribution >= 4 is 16.9 Å². The van der Waals surface area contributed by atoms with Gasteiger partial charge in [-0.25, -0.2) is 0 Å². The molecule has 0 aliphatic carbocycles. The second-order valence-corrected chi connectivity index (χ2v) is 7.78. The van der Waals surface area contributed by atoms with Crippen LogP contribution < -0.4 is 15.1 Å². The van der Waals surface area contributed by atoms with Gasteiger partial charge in [0.25, 0.3) is 5.91 Å². The summed E-state index contributed by atoms with van der Waals surface area (Å²) in [6, 6.07) is 14.3. The second kappa shape index (κ2) is 8.94. The van der Waals surface area contributed by atoms with Gasteiger partial charge in [-0.3, -0.25) is 9.59 Å². The van der Waals surface area contributed by atoms with Gasteiger partial charge in [0.1, 0.15) is 11.3 Å². The highest BCUT2D eigenvalue weighted by Gasteiger charge is 2.43. The van der Waals surface area contributed by atoms with E-state index in [1.54, 1.807) is 17.0 Å². The number of para-hydroxylation sites is 1. The first kappa shape index (κ1) is 21.1. The number of carbonyl (C=O) groups excluding carboxylic acids is 1. The Balaban J connectivity index is 1.85. The number of rotatable bonds is 8. The molecule has 0 fully saturated rings. The summed E-state index contributed by atoms with van der Waals surface area (Å²) in [5, 5.41) is 0.497. The fraction of sp³-hybridized carbons (Fsp3) is 0.360. The number of likely N-dealkylation sites (N-methyl/N-ethyl adjacent to an activating group) is 1. The van der Waals surface area contributed by atoms with Crippen LogP contribution in [0.25, 0.3) is 11.0 Å². The zero-order chi connectivity index (χ0) is 22.0. The fourth-order valence-electron chi connectivity index (χ4n) is 4.37. The summed E-state index contributed by atoms with van der Waals surface area (Å²) in [4.78, 5) is 30.1. The van der Waals surface area contributed by atoms with Crippen LogP contribution in [0.5, 0.6) is 5.75 Å². The van der Waals surface area contributed by atoms with Crippen LogP contribution >= 0.6 is 0 Å². The van der Waals surface area contributed by atoms with E-state index in [1.165, 1.54) is 4.90 Å². The number of hydrogen-bond donors (Lipinski definition) is 1. The predicted octanol–water partition coefficient (Wildman–Crippen LogP) is 2.66. The third kappa shape index (κ3) is 3.83. The van der Waals surface area contributed by atoms with Gasteiger partial charge in [0, 0.05) is 0 Å². The van der Waals surface area contributed by atoms with Crippen molar-refractivity contribution in [3.63, 3.8) is 0 Å². The lowest BCUT2D eigenvalue weighted by atomic mass is 9.98. The first-order valence-corrected chi connectivity index (χ1v) is 11.0. The predicted molar refractivity (Wildman–Crippen MR) is 120 cm³/mol. The van der Waals surface area contributed by atoms with E-state index in [9.17, 15) is 9.59 Å². The smallest absolute Gasteiger partial charge is 0.291 e. The average molecular weight is 422 g/mol. The monoisotopic (exact) mass is 421 g/mol. The summed E-state index contributed by atoms with van der Waals surface area (Å²) in [5.74, 6) is 0.654. The number of benzene rings is 2. The molecule has 2 heterocycles. The van der Waals surface area contributed by atoms with Crippen molar-refractivity contribution < 1.29 is 18.8 Å². The molecule has 6 nitrogen and oxygen atoms in total. The zero-order valence-corrected chi connectivity index (χ0v) is 18.3. The van der Waals surface area contributed by atoms with Crippen LogP contribution in [0.15, 0.2) is 57.7 Å². The van der Waals surface area contributed by atoms with Crippen molar-refractivity contribution in [1.82, 2.24) is 4.90 Å². The summed E-state index contributed by atoms with van der Waals surface area (Å²) < 4.78 is 11.7. The molecule has 0 saturated heterocycles. The van der Waals surface area contributed by atoms with E-state index in [0.717, 1.165) is 30.9 Å². The Morgan fingerprint density at radius 3 is 2.55 bits per heavy atom. The number of amides is 1. The van der Waals surface area contributed by atoms with E-state index >= 15 is 0 Å². The van der Waals surface area contributed by atoms with Gasteiger partial charge in [0.2, 0.25) is 5.76 Å². The summed E-state index contributed by atoms with van der Waals surface area (Å²) in [6.45, 7) is 10.1. The standard InChI is InChI=1S/C25H28N2O4/c1-4-26(5-2)14-15-27-22(17-10-9-11-18(16-17)30-6-3)21-23(28)19-12-7-8-13-20(19)31-24(21)25(27)29/h7-13,16,22H,4-6,14-15H2,1-3H3/p+1/t22-/m1/s1. The Morgan fingerprint density at radius 2 is 1.81 bits per heavy atom. The molecule has 0 radical (unpaired) electrons. The summed E-state index contributed by atoms with van der Waals surface area (Å²) in [7, 11) is 0. The van der Waals surface area contributed by atoms with Gasteiger partial charge in [-0.2, -0.15) is 0 Å². The second-order valence-electron chi connectivity index (χ2n) is 7.78. The number of nitrogens with zero attached hydrogens (tertiary/aromatic N) is 1.